The van der Waals surface area contributed by atoms with Gasteiger partial charge in [-0.2, -0.15) is 0 Å². The Morgan fingerprint density at radius 2 is 1.65 bits per heavy atom. The van der Waals surface area contributed by atoms with E-state index in [0.29, 0.717) is 68.3 Å². The Labute approximate surface area is 398 Å². The van der Waals surface area contributed by atoms with Crippen molar-refractivity contribution in [2.45, 2.75) is 128 Å². The van der Waals surface area contributed by atoms with Crippen molar-refractivity contribution in [2.24, 2.45) is 16.8 Å². The summed E-state index contributed by atoms with van der Waals surface area (Å²) in [7, 11) is -5.13. The molecule has 3 heterocycles. The Hall–Kier alpha value is -5.78. The zero-order valence-corrected chi connectivity index (χ0v) is 40.1. The van der Waals surface area contributed by atoms with Gasteiger partial charge in [0, 0.05) is 43.3 Å². The minimum Gasteiger partial charge on any atom is -0.396 e. The van der Waals surface area contributed by atoms with Crippen LogP contribution in [0.3, 0.4) is 0 Å². The lowest BCUT2D eigenvalue weighted by molar-refractivity contribution is -0.139. The molecule has 0 radical (unpaired) electrons. The van der Waals surface area contributed by atoms with Gasteiger partial charge in [0.05, 0.1) is 38.0 Å². The summed E-state index contributed by atoms with van der Waals surface area (Å²) in [5.74, 6) is -5.00. The highest BCUT2D eigenvalue weighted by Crippen LogP contribution is 2.38. The number of aliphatic hydroxyl groups is 1. The summed E-state index contributed by atoms with van der Waals surface area (Å²) in [6.07, 6.45) is 8.68. The van der Waals surface area contributed by atoms with E-state index in [-0.39, 0.29) is 24.7 Å². The number of carbonyl (C=O) groups is 6. The molecule has 374 valence electrons. The lowest BCUT2D eigenvalue weighted by atomic mass is 10.0. The number of carbonyl (C=O) groups excluding carboxylic acids is 6. The van der Waals surface area contributed by atoms with Crippen molar-refractivity contribution < 1.29 is 57.6 Å². The fourth-order valence-corrected chi connectivity index (χ4v) is 8.07. The molecule has 2 aromatic heterocycles. The summed E-state index contributed by atoms with van der Waals surface area (Å²) in [6, 6.07) is 0.528. The first-order valence-electron chi connectivity index (χ1n) is 22.2. The number of likely N-dealkylation sites (tertiary alicyclic amines) is 1. The molecule has 3 aromatic rings. The molecule has 6 amide bonds. The number of halogens is 1. The zero-order chi connectivity index (χ0) is 50.0. The van der Waals surface area contributed by atoms with Crippen molar-refractivity contribution >= 4 is 61.1 Å². The third-order valence-electron chi connectivity index (χ3n) is 10.8. The maximum atomic E-state index is 14.1. The van der Waals surface area contributed by atoms with Crippen LogP contribution in [0.4, 0.5) is 0 Å². The molecule has 1 aliphatic heterocycles. The minimum absolute atomic E-state index is 0.107. The largest absolute Gasteiger partial charge is 0.469 e. The smallest absolute Gasteiger partial charge is 0.396 e. The number of phosphoric ester groups is 1. The summed E-state index contributed by atoms with van der Waals surface area (Å²) in [5.41, 5.74) is 7.42. The quantitative estimate of drug-likeness (QED) is 0.0210. The highest BCUT2D eigenvalue weighted by Gasteiger charge is 2.37. The van der Waals surface area contributed by atoms with Crippen LogP contribution < -0.4 is 27.0 Å². The van der Waals surface area contributed by atoms with Gasteiger partial charge in [0.2, 0.25) is 35.4 Å². The summed E-state index contributed by atoms with van der Waals surface area (Å²) in [4.78, 5) is 109. The number of aliphatic hydroxyl groups excluding tert-OH is 1. The summed E-state index contributed by atoms with van der Waals surface area (Å²) in [6.45, 7) is 6.85. The number of imidazole rings is 1. The number of aromatic nitrogens is 5. The van der Waals surface area contributed by atoms with Crippen molar-refractivity contribution in [3.8, 4) is 0 Å². The van der Waals surface area contributed by atoms with Crippen molar-refractivity contribution in [3.63, 3.8) is 0 Å². The number of aryl methyl sites for hydroxylation is 1. The molecule has 0 bridgehead atoms. The highest BCUT2D eigenvalue weighted by atomic mass is 35.5. The number of rotatable bonds is 28. The molecule has 0 aliphatic carbocycles. The van der Waals surface area contributed by atoms with E-state index in [1.165, 1.54) is 24.2 Å². The number of primary amides is 1. The van der Waals surface area contributed by atoms with E-state index in [2.05, 4.69) is 46.2 Å². The first kappa shape index (κ1) is 54.8. The summed E-state index contributed by atoms with van der Waals surface area (Å²) >= 11 is 5.96. The maximum absolute atomic E-state index is 14.1. The van der Waals surface area contributed by atoms with Gasteiger partial charge in [-0.15, -0.1) is 5.10 Å². The average Bonchev–Trinajstić information content (AvgIpc) is 4.05. The van der Waals surface area contributed by atoms with Crippen LogP contribution in [-0.2, 0) is 62.2 Å². The third-order valence-corrected chi connectivity index (χ3v) is 11.7. The van der Waals surface area contributed by atoms with E-state index in [9.17, 15) is 48.2 Å². The van der Waals surface area contributed by atoms with Crippen LogP contribution >= 0.6 is 19.4 Å². The predicted octanol–water partition coefficient (Wildman–Crippen LogP) is 0.302. The number of nitrogens with one attached hydrogen (secondary N) is 4. The van der Waals surface area contributed by atoms with Crippen molar-refractivity contribution in [3.05, 3.63) is 65.0 Å². The molecule has 0 saturated carbocycles. The van der Waals surface area contributed by atoms with Gasteiger partial charge in [-0.1, -0.05) is 54.4 Å². The molecule has 1 aliphatic rings. The molecule has 24 nitrogen and oxygen atoms in total. The van der Waals surface area contributed by atoms with Gasteiger partial charge >= 0.3 is 7.82 Å². The fraction of sp³-hybridized carbons (Fsp3) is 0.571. The summed E-state index contributed by atoms with van der Waals surface area (Å²) < 4.78 is 19.4. The molecule has 0 unspecified atom stereocenters. The molecule has 1 saturated heterocycles. The average molecular weight is 993 g/mol. The number of oxime groups is 1. The SMILES string of the molecule is CC(=O)N1CCC[C@H]1C(=O)N[C@@H](CC(C)C)C(=O)N[C@@H](Cc1cncn1CCCCCCO/N=C/c1cn(Cc2ccc(Cl)cc2)nn1)C(=O)N[C@@H](CO)C(=O)N[C@H](C(N)=O)[C@@H](C)OP(=O)(O)O. The lowest BCUT2D eigenvalue weighted by Gasteiger charge is -2.28. The maximum Gasteiger partial charge on any atom is 0.469 e. The fourth-order valence-electron chi connectivity index (χ4n) is 7.39. The number of hydrogen-bond acceptors (Lipinski definition) is 14. The predicted molar refractivity (Wildman–Crippen MR) is 245 cm³/mol. The number of nitrogens with two attached hydrogens (primary N) is 1. The van der Waals surface area contributed by atoms with Crippen LogP contribution in [0.2, 0.25) is 5.02 Å². The van der Waals surface area contributed by atoms with Crippen LogP contribution in [0.15, 0.2) is 48.1 Å². The molecule has 1 aromatic carbocycles. The van der Waals surface area contributed by atoms with Crippen molar-refractivity contribution in [1.82, 2.24) is 50.7 Å². The van der Waals surface area contributed by atoms with Gasteiger partial charge in [-0.05, 0) is 69.1 Å². The second kappa shape index (κ2) is 26.7. The standard InChI is InChI=1S/C42H62ClN12O12P/c1-26(2)18-33(48-42(62)36-10-9-16-55(36)28(4)57)39(59)47-34(40(60)49-35(24-56)41(61)50-37(38(44)58)27(3)67-68(63,64)65)19-32-21-45-25-53(32)15-7-5-6-8-17-66-46-20-31-23-54(52-51-31)22-29-11-13-30(43)14-12-29/h11-14,20-21,23,25-27,33-37,56H,5-10,15-19,22,24H2,1-4H3,(H2,44,58)(H,47,59)(H,48,62)(H,49,60)(H,50,61)(H2,63,64,65)/b46-20+/t27-,33+,34+,35+,36+,37+/m1/s1. The van der Waals surface area contributed by atoms with E-state index in [1.807, 2.05) is 26.0 Å². The molecule has 0 spiro atoms. The zero-order valence-electron chi connectivity index (χ0n) is 38.4. The topological polar surface area (TPSA) is 337 Å². The van der Waals surface area contributed by atoms with Crippen LogP contribution in [0, 0.1) is 5.92 Å². The van der Waals surface area contributed by atoms with Gasteiger partial charge in [-0.3, -0.25) is 33.3 Å². The first-order valence-corrected chi connectivity index (χ1v) is 24.1. The number of amides is 6. The molecular formula is C42H62ClN12O12P. The third kappa shape index (κ3) is 18.0. The summed E-state index contributed by atoms with van der Waals surface area (Å²) in [5, 5.41) is 32.9. The Morgan fingerprint density at radius 3 is 2.31 bits per heavy atom. The Kier molecular flexibility index (Phi) is 21.5. The molecule has 1 fully saturated rings. The molecule has 26 heteroatoms. The van der Waals surface area contributed by atoms with E-state index >= 15 is 0 Å². The van der Waals surface area contributed by atoms with Gasteiger partial charge in [0.15, 0.2) is 0 Å². The number of nitrogens with zero attached hydrogens (tertiary/aromatic N) is 7. The highest BCUT2D eigenvalue weighted by molar-refractivity contribution is 7.46. The molecule has 9 N–H and O–H groups in total. The normalized spacial score (nSPS) is 16.2. The number of benzene rings is 1. The van der Waals surface area contributed by atoms with Crippen LogP contribution in [-0.4, -0.2) is 142 Å². The van der Waals surface area contributed by atoms with Crippen molar-refractivity contribution in [1.29, 1.82) is 0 Å². The van der Waals surface area contributed by atoms with Crippen LogP contribution in [0.1, 0.15) is 89.6 Å². The second-order valence-corrected chi connectivity index (χ2v) is 18.4. The van der Waals surface area contributed by atoms with Gasteiger partial charge in [0.1, 0.15) is 42.5 Å². The van der Waals surface area contributed by atoms with Gasteiger partial charge in [0.25, 0.3) is 0 Å². The Bertz CT molecular complexity index is 2240. The monoisotopic (exact) mass is 992 g/mol. The lowest BCUT2D eigenvalue weighted by Crippen LogP contribution is -2.61. The molecule has 68 heavy (non-hydrogen) atoms. The number of phosphoric acid groups is 1. The second-order valence-electron chi connectivity index (χ2n) is 16.8. The Morgan fingerprint density at radius 1 is 0.971 bits per heavy atom. The van der Waals surface area contributed by atoms with E-state index in [1.54, 1.807) is 33.9 Å². The minimum atomic E-state index is -5.13. The Balaban J connectivity index is 1.39. The van der Waals surface area contributed by atoms with Gasteiger partial charge < -0.3 is 56.2 Å². The van der Waals surface area contributed by atoms with E-state index in [0.717, 1.165) is 25.3 Å². The first-order chi connectivity index (χ1) is 32.2. The van der Waals surface area contributed by atoms with Crippen LogP contribution in [0.5, 0.6) is 0 Å². The molecular weight excluding hydrogens is 931 g/mol. The van der Waals surface area contributed by atoms with Crippen LogP contribution in [0.25, 0.3) is 0 Å². The number of unbranched alkanes of at least 4 members (excludes halogenated alkanes) is 3. The molecule has 4 rings (SSSR count). The molecule has 6 atom stereocenters. The van der Waals surface area contributed by atoms with Gasteiger partial charge in [-0.25, -0.2) is 14.2 Å². The number of hydrogen-bond donors (Lipinski definition) is 8. The van der Waals surface area contributed by atoms with E-state index < -0.39 is 80.3 Å². The van der Waals surface area contributed by atoms with Crippen molar-refractivity contribution in [2.75, 3.05) is 19.8 Å². The van der Waals surface area contributed by atoms with E-state index in [4.69, 9.17) is 22.2 Å².